The van der Waals surface area contributed by atoms with Crippen LogP contribution >= 0.6 is 0 Å². The van der Waals surface area contributed by atoms with E-state index in [-0.39, 0.29) is 6.04 Å². The van der Waals surface area contributed by atoms with Crippen molar-refractivity contribution in [3.8, 4) is 5.75 Å². The van der Waals surface area contributed by atoms with E-state index in [1.165, 1.54) is 17.5 Å². The van der Waals surface area contributed by atoms with Gasteiger partial charge < -0.3 is 15.2 Å². The molecule has 3 atom stereocenters. The van der Waals surface area contributed by atoms with E-state index in [4.69, 9.17) is 4.74 Å². The molecule has 104 valence electrons. The Hall–Kier alpha value is -1.06. The van der Waals surface area contributed by atoms with E-state index in [2.05, 4.69) is 19.2 Å². The zero-order valence-electron chi connectivity index (χ0n) is 11.8. The molecule has 0 bridgehead atoms. The summed E-state index contributed by atoms with van der Waals surface area (Å²) < 4.78 is 5.66. The monoisotopic (exact) mass is 261 g/mol. The SMILES string of the molecule is Cc1ccc(O)c2c1C(C)CC2NCC1CCCO1. The molecule has 1 aromatic rings. The Kier molecular flexibility index (Phi) is 3.50. The van der Waals surface area contributed by atoms with E-state index >= 15 is 0 Å². The second kappa shape index (κ2) is 5.14. The molecular formula is C16H23NO2. The predicted octanol–water partition coefficient (Wildman–Crippen LogP) is 3.02. The van der Waals surface area contributed by atoms with Gasteiger partial charge in [0.1, 0.15) is 5.75 Å². The molecule has 0 saturated carbocycles. The van der Waals surface area contributed by atoms with Gasteiger partial charge in [0.15, 0.2) is 0 Å². The van der Waals surface area contributed by atoms with Crippen LogP contribution in [0.2, 0.25) is 0 Å². The third kappa shape index (κ3) is 2.37. The van der Waals surface area contributed by atoms with Gasteiger partial charge in [-0.15, -0.1) is 0 Å². The Morgan fingerprint density at radius 3 is 2.95 bits per heavy atom. The van der Waals surface area contributed by atoms with Gasteiger partial charge in [0, 0.05) is 24.8 Å². The highest BCUT2D eigenvalue weighted by Gasteiger charge is 2.32. The molecule has 3 rings (SSSR count). The molecule has 0 spiro atoms. The van der Waals surface area contributed by atoms with Crippen LogP contribution in [0.5, 0.6) is 5.75 Å². The molecule has 1 fully saturated rings. The number of hydrogen-bond acceptors (Lipinski definition) is 3. The second-order valence-corrected chi connectivity index (χ2v) is 5.96. The Labute approximate surface area is 115 Å². The predicted molar refractivity (Wildman–Crippen MR) is 75.6 cm³/mol. The van der Waals surface area contributed by atoms with Crippen molar-refractivity contribution in [3.05, 3.63) is 28.8 Å². The smallest absolute Gasteiger partial charge is 0.120 e. The first kappa shape index (κ1) is 12.9. The molecule has 0 radical (unpaired) electrons. The van der Waals surface area contributed by atoms with Gasteiger partial charge in [0.05, 0.1) is 6.10 Å². The fourth-order valence-corrected chi connectivity index (χ4v) is 3.61. The summed E-state index contributed by atoms with van der Waals surface area (Å²) in [5, 5.41) is 13.8. The number of nitrogens with one attached hydrogen (secondary N) is 1. The maximum Gasteiger partial charge on any atom is 0.120 e. The molecule has 0 amide bonds. The summed E-state index contributed by atoms with van der Waals surface area (Å²) in [4.78, 5) is 0. The third-order valence-corrected chi connectivity index (χ3v) is 4.53. The van der Waals surface area contributed by atoms with Gasteiger partial charge in [0.25, 0.3) is 0 Å². The molecule has 1 aliphatic heterocycles. The first-order valence-electron chi connectivity index (χ1n) is 7.34. The highest BCUT2D eigenvalue weighted by Crippen LogP contribution is 2.45. The van der Waals surface area contributed by atoms with E-state index in [1.807, 2.05) is 12.1 Å². The lowest BCUT2D eigenvalue weighted by atomic mass is 9.97. The van der Waals surface area contributed by atoms with E-state index in [0.717, 1.165) is 31.6 Å². The van der Waals surface area contributed by atoms with Crippen molar-refractivity contribution in [1.29, 1.82) is 0 Å². The number of benzene rings is 1. The highest BCUT2D eigenvalue weighted by atomic mass is 16.5. The average molecular weight is 261 g/mol. The number of ether oxygens (including phenoxy) is 1. The number of hydrogen-bond donors (Lipinski definition) is 2. The molecule has 19 heavy (non-hydrogen) atoms. The number of fused-ring (bicyclic) bond motifs is 1. The van der Waals surface area contributed by atoms with Gasteiger partial charge in [-0.05, 0) is 49.3 Å². The van der Waals surface area contributed by atoms with E-state index in [9.17, 15) is 5.11 Å². The standard InChI is InChI=1S/C16H23NO2/c1-10-5-6-14(18)16-13(8-11(2)15(10)16)17-9-12-4-3-7-19-12/h5-6,11-13,17-18H,3-4,7-9H2,1-2H3. The van der Waals surface area contributed by atoms with Crippen LogP contribution in [0.15, 0.2) is 12.1 Å². The van der Waals surface area contributed by atoms with Crippen molar-refractivity contribution in [2.24, 2.45) is 0 Å². The van der Waals surface area contributed by atoms with Crippen LogP contribution in [0.4, 0.5) is 0 Å². The molecule has 1 saturated heterocycles. The number of phenolic OH excluding ortho intramolecular Hbond substituents is 1. The van der Waals surface area contributed by atoms with E-state index < -0.39 is 0 Å². The van der Waals surface area contributed by atoms with Gasteiger partial charge in [-0.25, -0.2) is 0 Å². The molecule has 3 heteroatoms. The summed E-state index contributed by atoms with van der Waals surface area (Å²) in [6.45, 7) is 6.18. The minimum atomic E-state index is 0.272. The average Bonchev–Trinajstić information content (AvgIpc) is 2.99. The Balaban J connectivity index is 1.77. The Morgan fingerprint density at radius 2 is 2.21 bits per heavy atom. The largest absolute Gasteiger partial charge is 0.508 e. The quantitative estimate of drug-likeness (QED) is 0.879. The van der Waals surface area contributed by atoms with E-state index in [1.54, 1.807) is 0 Å². The lowest BCUT2D eigenvalue weighted by molar-refractivity contribution is 0.107. The summed E-state index contributed by atoms with van der Waals surface area (Å²) in [6.07, 6.45) is 3.75. The van der Waals surface area contributed by atoms with Crippen LogP contribution in [-0.2, 0) is 4.74 Å². The van der Waals surface area contributed by atoms with Crippen molar-refractivity contribution in [2.45, 2.75) is 51.2 Å². The van der Waals surface area contributed by atoms with Crippen LogP contribution in [0.3, 0.4) is 0 Å². The Bertz CT molecular complexity index is 466. The summed E-state index contributed by atoms with van der Waals surface area (Å²) >= 11 is 0. The van der Waals surface area contributed by atoms with Crippen molar-refractivity contribution in [2.75, 3.05) is 13.2 Å². The molecule has 1 aromatic carbocycles. The van der Waals surface area contributed by atoms with Crippen molar-refractivity contribution < 1.29 is 9.84 Å². The normalized spacial score (nSPS) is 29.7. The van der Waals surface area contributed by atoms with Gasteiger partial charge in [-0.1, -0.05) is 13.0 Å². The molecule has 2 aliphatic rings. The summed E-state index contributed by atoms with van der Waals surface area (Å²) in [7, 11) is 0. The van der Waals surface area contributed by atoms with Gasteiger partial charge in [-0.2, -0.15) is 0 Å². The third-order valence-electron chi connectivity index (χ3n) is 4.53. The first-order chi connectivity index (χ1) is 9.16. The summed E-state index contributed by atoms with van der Waals surface area (Å²) in [6, 6.07) is 4.12. The number of aromatic hydroxyl groups is 1. The van der Waals surface area contributed by atoms with E-state index in [0.29, 0.717) is 17.8 Å². The van der Waals surface area contributed by atoms with Crippen molar-refractivity contribution >= 4 is 0 Å². The van der Waals surface area contributed by atoms with Crippen molar-refractivity contribution in [1.82, 2.24) is 5.32 Å². The molecule has 3 nitrogen and oxygen atoms in total. The van der Waals surface area contributed by atoms with Crippen LogP contribution in [-0.4, -0.2) is 24.4 Å². The lowest BCUT2D eigenvalue weighted by Gasteiger charge is -2.18. The lowest BCUT2D eigenvalue weighted by Crippen LogP contribution is -2.29. The minimum absolute atomic E-state index is 0.272. The van der Waals surface area contributed by atoms with Gasteiger partial charge in [0.2, 0.25) is 0 Å². The van der Waals surface area contributed by atoms with Crippen LogP contribution in [0.1, 0.15) is 54.8 Å². The number of rotatable bonds is 3. The summed E-state index contributed by atoms with van der Waals surface area (Å²) in [5.41, 5.74) is 3.75. The topological polar surface area (TPSA) is 41.5 Å². The fraction of sp³-hybridized carbons (Fsp3) is 0.625. The van der Waals surface area contributed by atoms with Crippen LogP contribution in [0, 0.1) is 6.92 Å². The molecule has 3 unspecified atom stereocenters. The number of aryl methyl sites for hydroxylation is 1. The zero-order valence-corrected chi connectivity index (χ0v) is 11.8. The van der Waals surface area contributed by atoms with Crippen molar-refractivity contribution in [3.63, 3.8) is 0 Å². The maximum absolute atomic E-state index is 10.2. The molecule has 1 heterocycles. The van der Waals surface area contributed by atoms with Gasteiger partial charge in [-0.3, -0.25) is 0 Å². The molecule has 1 aliphatic carbocycles. The Morgan fingerprint density at radius 1 is 1.37 bits per heavy atom. The van der Waals surface area contributed by atoms with Crippen LogP contribution in [0.25, 0.3) is 0 Å². The molecule has 2 N–H and O–H groups in total. The molecular weight excluding hydrogens is 238 g/mol. The maximum atomic E-state index is 10.2. The molecule has 0 aromatic heterocycles. The highest BCUT2D eigenvalue weighted by molar-refractivity contribution is 5.50. The fourth-order valence-electron chi connectivity index (χ4n) is 3.61. The van der Waals surface area contributed by atoms with Gasteiger partial charge >= 0.3 is 0 Å². The minimum Gasteiger partial charge on any atom is -0.508 e. The second-order valence-electron chi connectivity index (χ2n) is 5.96. The number of phenols is 1. The summed E-state index contributed by atoms with van der Waals surface area (Å²) in [5.74, 6) is 0.957. The first-order valence-corrected chi connectivity index (χ1v) is 7.34. The zero-order chi connectivity index (χ0) is 13.4. The van der Waals surface area contributed by atoms with Crippen LogP contribution < -0.4 is 5.32 Å².